The zero-order valence-electron chi connectivity index (χ0n) is 17.3. The van der Waals surface area contributed by atoms with Gasteiger partial charge in [-0.05, 0) is 32.2 Å². The summed E-state index contributed by atoms with van der Waals surface area (Å²) in [5.74, 6) is 0.265. The SMILES string of the molecule is CSc1nc2nc(C)c(CC(=O)OCc3nnc(-c4ccc([N+](=O)[O-])cc4)o3)c(C)n2n1. The minimum atomic E-state index is -0.496. The Bertz CT molecular complexity index is 1320. The normalized spacial score (nSPS) is 11.1. The molecule has 164 valence electrons. The highest BCUT2D eigenvalue weighted by Crippen LogP contribution is 2.22. The van der Waals surface area contributed by atoms with Crippen molar-refractivity contribution in [2.75, 3.05) is 6.26 Å². The van der Waals surface area contributed by atoms with E-state index in [0.29, 0.717) is 27.8 Å². The average molecular weight is 455 g/mol. The molecule has 4 aromatic rings. The molecule has 0 atom stereocenters. The van der Waals surface area contributed by atoms with Gasteiger partial charge in [0.2, 0.25) is 11.0 Å². The molecule has 0 aliphatic rings. The fraction of sp³-hybridized carbons (Fsp3) is 0.263. The fourth-order valence-corrected chi connectivity index (χ4v) is 3.36. The largest absolute Gasteiger partial charge is 0.455 e. The summed E-state index contributed by atoms with van der Waals surface area (Å²) in [4.78, 5) is 31.4. The number of ether oxygens (including phenoxy) is 1. The van der Waals surface area contributed by atoms with Crippen LogP contribution in [0.15, 0.2) is 33.8 Å². The zero-order valence-corrected chi connectivity index (χ0v) is 18.1. The van der Waals surface area contributed by atoms with Crippen LogP contribution in [0.25, 0.3) is 17.2 Å². The number of esters is 1. The maximum atomic E-state index is 12.4. The van der Waals surface area contributed by atoms with Crippen molar-refractivity contribution < 1.29 is 18.9 Å². The van der Waals surface area contributed by atoms with E-state index in [1.807, 2.05) is 13.2 Å². The first-order chi connectivity index (χ1) is 15.4. The summed E-state index contributed by atoms with van der Waals surface area (Å²) in [6.07, 6.45) is 1.87. The van der Waals surface area contributed by atoms with E-state index >= 15 is 0 Å². The predicted molar refractivity (Wildman–Crippen MR) is 112 cm³/mol. The quantitative estimate of drug-likeness (QED) is 0.175. The number of rotatable bonds is 7. The van der Waals surface area contributed by atoms with E-state index in [1.165, 1.54) is 36.0 Å². The summed E-state index contributed by atoms with van der Waals surface area (Å²) in [5, 5.41) is 23.4. The number of carbonyl (C=O) groups excluding carboxylic acids is 1. The molecule has 13 heteroatoms. The van der Waals surface area contributed by atoms with Gasteiger partial charge in [-0.2, -0.15) is 4.98 Å². The molecule has 0 aliphatic carbocycles. The maximum Gasteiger partial charge on any atom is 0.310 e. The van der Waals surface area contributed by atoms with Crippen molar-refractivity contribution in [3.63, 3.8) is 0 Å². The summed E-state index contributed by atoms with van der Waals surface area (Å²) in [6, 6.07) is 5.68. The van der Waals surface area contributed by atoms with E-state index < -0.39 is 10.9 Å². The van der Waals surface area contributed by atoms with Crippen LogP contribution in [0.3, 0.4) is 0 Å². The van der Waals surface area contributed by atoms with Crippen molar-refractivity contribution in [3.05, 3.63) is 57.2 Å². The van der Waals surface area contributed by atoms with Crippen LogP contribution in [0, 0.1) is 24.0 Å². The summed E-state index contributed by atoms with van der Waals surface area (Å²) in [6.45, 7) is 3.45. The standard InChI is InChI=1S/C19H17N7O5S/c1-10-14(11(2)25-18(20-10)21-19(24-25)32-3)8-16(27)30-9-15-22-23-17(31-15)12-4-6-13(7-5-12)26(28)29/h4-7H,8-9H2,1-3H3. The van der Waals surface area contributed by atoms with Crippen molar-refractivity contribution in [1.29, 1.82) is 0 Å². The molecular formula is C19H17N7O5S. The Balaban J connectivity index is 1.42. The Morgan fingerprint density at radius 2 is 1.97 bits per heavy atom. The third-order valence-electron chi connectivity index (χ3n) is 4.68. The van der Waals surface area contributed by atoms with E-state index in [0.717, 1.165) is 5.69 Å². The maximum absolute atomic E-state index is 12.4. The minimum Gasteiger partial charge on any atom is -0.455 e. The Morgan fingerprint density at radius 1 is 1.22 bits per heavy atom. The number of benzene rings is 1. The number of nitro benzene ring substituents is 1. The molecule has 3 aromatic heterocycles. The molecule has 0 spiro atoms. The first-order valence-electron chi connectivity index (χ1n) is 9.35. The zero-order chi connectivity index (χ0) is 22.8. The van der Waals surface area contributed by atoms with Crippen molar-refractivity contribution in [1.82, 2.24) is 29.8 Å². The van der Waals surface area contributed by atoms with Gasteiger partial charge in [-0.15, -0.1) is 15.3 Å². The van der Waals surface area contributed by atoms with Crippen LogP contribution in [0.2, 0.25) is 0 Å². The molecule has 0 amide bonds. The highest BCUT2D eigenvalue weighted by Gasteiger charge is 2.18. The minimum absolute atomic E-state index is 0.00157. The van der Waals surface area contributed by atoms with Gasteiger partial charge in [-0.3, -0.25) is 14.9 Å². The molecule has 4 rings (SSSR count). The number of hydrogen-bond donors (Lipinski definition) is 0. The van der Waals surface area contributed by atoms with E-state index in [1.54, 1.807) is 11.4 Å². The number of fused-ring (bicyclic) bond motifs is 1. The molecule has 0 saturated heterocycles. The summed E-state index contributed by atoms with van der Waals surface area (Å²) in [5.41, 5.74) is 2.61. The lowest BCUT2D eigenvalue weighted by Crippen LogP contribution is -2.13. The molecule has 0 aliphatic heterocycles. The second kappa shape index (κ2) is 8.70. The number of thioether (sulfide) groups is 1. The van der Waals surface area contributed by atoms with Gasteiger partial charge >= 0.3 is 5.97 Å². The van der Waals surface area contributed by atoms with Crippen molar-refractivity contribution in [3.8, 4) is 11.5 Å². The van der Waals surface area contributed by atoms with E-state index in [9.17, 15) is 14.9 Å². The Hall–Kier alpha value is -3.87. The molecule has 0 radical (unpaired) electrons. The van der Waals surface area contributed by atoms with Crippen LogP contribution in [-0.2, 0) is 22.6 Å². The number of nitrogens with zero attached hydrogens (tertiary/aromatic N) is 7. The summed E-state index contributed by atoms with van der Waals surface area (Å²) in [7, 11) is 0. The summed E-state index contributed by atoms with van der Waals surface area (Å²) >= 11 is 1.41. The van der Waals surface area contributed by atoms with Crippen molar-refractivity contribution in [2.45, 2.75) is 32.0 Å². The van der Waals surface area contributed by atoms with Crippen LogP contribution >= 0.6 is 11.8 Å². The smallest absolute Gasteiger partial charge is 0.310 e. The second-order valence-corrected chi connectivity index (χ2v) is 7.49. The van der Waals surface area contributed by atoms with E-state index in [-0.39, 0.29) is 30.5 Å². The summed E-state index contributed by atoms with van der Waals surface area (Å²) < 4.78 is 12.4. The number of carbonyl (C=O) groups is 1. The molecule has 0 N–H and O–H groups in total. The number of non-ortho nitro benzene ring substituents is 1. The molecule has 32 heavy (non-hydrogen) atoms. The number of hydrogen-bond acceptors (Lipinski definition) is 11. The van der Waals surface area contributed by atoms with Gasteiger partial charge in [0.15, 0.2) is 6.61 Å². The van der Waals surface area contributed by atoms with Gasteiger partial charge < -0.3 is 9.15 Å². The van der Waals surface area contributed by atoms with Gasteiger partial charge in [0.05, 0.1) is 11.3 Å². The number of nitro groups is 1. The van der Waals surface area contributed by atoms with Crippen molar-refractivity contribution in [2.24, 2.45) is 0 Å². The molecule has 12 nitrogen and oxygen atoms in total. The number of aryl methyl sites for hydroxylation is 2. The third-order valence-corrected chi connectivity index (χ3v) is 5.22. The van der Waals surface area contributed by atoms with Gasteiger partial charge in [0.25, 0.3) is 17.4 Å². The first-order valence-corrected chi connectivity index (χ1v) is 10.6. The lowest BCUT2D eigenvalue weighted by atomic mass is 10.1. The van der Waals surface area contributed by atoms with Crippen LogP contribution in [-0.4, -0.2) is 46.9 Å². The van der Waals surface area contributed by atoms with E-state index in [4.69, 9.17) is 9.15 Å². The Labute approximate surface area is 185 Å². The van der Waals surface area contributed by atoms with Gasteiger partial charge in [0, 0.05) is 34.6 Å². The van der Waals surface area contributed by atoms with Crippen molar-refractivity contribution >= 4 is 29.2 Å². The molecule has 3 heterocycles. The average Bonchev–Trinajstić information content (AvgIpc) is 3.42. The lowest BCUT2D eigenvalue weighted by Gasteiger charge is -2.09. The fourth-order valence-electron chi connectivity index (χ4n) is 3.02. The number of aromatic nitrogens is 6. The second-order valence-electron chi connectivity index (χ2n) is 6.71. The lowest BCUT2D eigenvalue weighted by molar-refractivity contribution is -0.384. The van der Waals surface area contributed by atoms with E-state index in [2.05, 4.69) is 25.3 Å². The molecule has 0 bridgehead atoms. The Kier molecular flexibility index (Phi) is 5.81. The van der Waals surface area contributed by atoms with Gasteiger partial charge in [-0.1, -0.05) is 11.8 Å². The van der Waals surface area contributed by atoms with Crippen LogP contribution < -0.4 is 0 Å². The highest BCUT2D eigenvalue weighted by atomic mass is 32.2. The third kappa shape index (κ3) is 4.27. The van der Waals surface area contributed by atoms with Crippen LogP contribution in [0.5, 0.6) is 0 Å². The monoisotopic (exact) mass is 455 g/mol. The Morgan fingerprint density at radius 3 is 2.66 bits per heavy atom. The van der Waals surface area contributed by atoms with Crippen LogP contribution in [0.4, 0.5) is 5.69 Å². The molecule has 0 fully saturated rings. The van der Waals surface area contributed by atoms with Crippen LogP contribution in [0.1, 0.15) is 22.8 Å². The van der Waals surface area contributed by atoms with Gasteiger partial charge in [-0.25, -0.2) is 9.50 Å². The van der Waals surface area contributed by atoms with Gasteiger partial charge in [0.1, 0.15) is 0 Å². The first kappa shape index (κ1) is 21.4. The molecule has 1 aromatic carbocycles. The highest BCUT2D eigenvalue weighted by molar-refractivity contribution is 7.98. The predicted octanol–water partition coefficient (Wildman–Crippen LogP) is 2.71. The molecular weight excluding hydrogens is 438 g/mol. The topological polar surface area (TPSA) is 151 Å². The molecule has 0 saturated carbocycles. The molecule has 0 unspecified atom stereocenters.